The molecule has 0 fully saturated rings. The van der Waals surface area contributed by atoms with Crippen LogP contribution in [0.15, 0.2) is 29.2 Å². The quantitative estimate of drug-likeness (QED) is 0.719. The van der Waals surface area contributed by atoms with Crippen molar-refractivity contribution in [1.82, 2.24) is 4.57 Å². The summed E-state index contributed by atoms with van der Waals surface area (Å²) in [5.41, 5.74) is 5.71. The van der Waals surface area contributed by atoms with E-state index < -0.39 is 0 Å². The third-order valence-corrected chi connectivity index (χ3v) is 2.21. The molecular formula is C11H18N2O. The van der Waals surface area contributed by atoms with Crippen molar-refractivity contribution in [3.05, 3.63) is 34.7 Å². The van der Waals surface area contributed by atoms with Gasteiger partial charge in [-0.2, -0.15) is 0 Å². The van der Waals surface area contributed by atoms with Crippen LogP contribution in [0.2, 0.25) is 0 Å². The highest BCUT2D eigenvalue weighted by Gasteiger charge is 1.96. The van der Waals surface area contributed by atoms with Gasteiger partial charge in [0.2, 0.25) is 5.56 Å². The molecule has 0 aliphatic carbocycles. The van der Waals surface area contributed by atoms with Crippen molar-refractivity contribution in [2.75, 3.05) is 0 Å². The zero-order valence-electron chi connectivity index (χ0n) is 8.65. The summed E-state index contributed by atoms with van der Waals surface area (Å²) in [5.74, 6) is 0. The highest BCUT2D eigenvalue weighted by atomic mass is 16.1. The molecule has 0 radical (unpaired) electrons. The lowest BCUT2D eigenvalue weighted by atomic mass is 10.1. The molecule has 0 aromatic carbocycles. The molecule has 1 rings (SSSR count). The van der Waals surface area contributed by atoms with Gasteiger partial charge < -0.3 is 10.3 Å². The number of aryl methyl sites for hydroxylation is 1. The van der Waals surface area contributed by atoms with Gasteiger partial charge in [0.25, 0.3) is 0 Å². The van der Waals surface area contributed by atoms with Gasteiger partial charge in [-0.1, -0.05) is 12.5 Å². The van der Waals surface area contributed by atoms with E-state index in [0.717, 1.165) is 25.8 Å². The molecule has 0 spiro atoms. The first-order valence-corrected chi connectivity index (χ1v) is 5.11. The molecule has 0 amide bonds. The fraction of sp³-hybridized carbons (Fsp3) is 0.545. The lowest BCUT2D eigenvalue weighted by Gasteiger charge is -2.06. The average molecular weight is 194 g/mol. The number of hydrogen-bond donors (Lipinski definition) is 1. The minimum absolute atomic E-state index is 0.0771. The SMILES string of the molecule is CC(N)CCCCn1ccccc1=O. The monoisotopic (exact) mass is 194 g/mol. The minimum Gasteiger partial charge on any atom is -0.328 e. The maximum absolute atomic E-state index is 11.3. The Morgan fingerprint density at radius 1 is 1.43 bits per heavy atom. The van der Waals surface area contributed by atoms with E-state index in [0.29, 0.717) is 0 Å². The molecule has 1 unspecified atom stereocenters. The van der Waals surface area contributed by atoms with Crippen molar-refractivity contribution in [3.8, 4) is 0 Å². The van der Waals surface area contributed by atoms with E-state index in [4.69, 9.17) is 5.73 Å². The first-order valence-electron chi connectivity index (χ1n) is 5.11. The summed E-state index contributed by atoms with van der Waals surface area (Å²) in [5, 5.41) is 0. The highest BCUT2D eigenvalue weighted by molar-refractivity contribution is 4.92. The van der Waals surface area contributed by atoms with Crippen molar-refractivity contribution < 1.29 is 0 Å². The van der Waals surface area contributed by atoms with Gasteiger partial charge in [0.15, 0.2) is 0 Å². The number of pyridine rings is 1. The lowest BCUT2D eigenvalue weighted by Crippen LogP contribution is -2.18. The summed E-state index contributed by atoms with van der Waals surface area (Å²) in [7, 11) is 0. The van der Waals surface area contributed by atoms with Crippen molar-refractivity contribution in [3.63, 3.8) is 0 Å². The van der Waals surface area contributed by atoms with Crippen LogP contribution in [-0.2, 0) is 6.54 Å². The molecular weight excluding hydrogens is 176 g/mol. The second-order valence-corrected chi connectivity index (χ2v) is 3.71. The van der Waals surface area contributed by atoms with Gasteiger partial charge in [-0.05, 0) is 25.8 Å². The van der Waals surface area contributed by atoms with Crippen LogP contribution in [0.5, 0.6) is 0 Å². The number of hydrogen-bond acceptors (Lipinski definition) is 2. The van der Waals surface area contributed by atoms with Gasteiger partial charge in [0, 0.05) is 24.8 Å². The van der Waals surface area contributed by atoms with Crippen LogP contribution >= 0.6 is 0 Å². The minimum atomic E-state index is 0.0771. The Kier molecular flexibility index (Phi) is 4.40. The topological polar surface area (TPSA) is 48.0 Å². The summed E-state index contributed by atoms with van der Waals surface area (Å²) >= 11 is 0. The van der Waals surface area contributed by atoms with Gasteiger partial charge in [0.1, 0.15) is 0 Å². The van der Waals surface area contributed by atoms with Gasteiger partial charge in [-0.25, -0.2) is 0 Å². The van der Waals surface area contributed by atoms with Crippen LogP contribution in [0, 0.1) is 0 Å². The van der Waals surface area contributed by atoms with Crippen molar-refractivity contribution in [2.45, 2.75) is 38.8 Å². The Morgan fingerprint density at radius 3 is 2.86 bits per heavy atom. The summed E-state index contributed by atoms with van der Waals surface area (Å²) < 4.78 is 1.74. The van der Waals surface area contributed by atoms with E-state index in [1.54, 1.807) is 16.7 Å². The van der Waals surface area contributed by atoms with E-state index in [1.807, 2.05) is 19.2 Å². The van der Waals surface area contributed by atoms with Crippen molar-refractivity contribution in [2.24, 2.45) is 5.73 Å². The van der Waals surface area contributed by atoms with Gasteiger partial charge >= 0.3 is 0 Å². The van der Waals surface area contributed by atoms with Gasteiger partial charge in [0.05, 0.1) is 0 Å². The second kappa shape index (κ2) is 5.60. The molecule has 1 atom stereocenters. The van der Waals surface area contributed by atoms with Gasteiger partial charge in [-0.3, -0.25) is 4.79 Å². The standard InChI is InChI=1S/C11H18N2O/c1-10(12)6-2-4-8-13-9-5-3-7-11(13)14/h3,5,7,9-10H,2,4,6,8,12H2,1H3. The zero-order chi connectivity index (χ0) is 10.4. The maximum atomic E-state index is 11.3. The normalized spacial score (nSPS) is 12.7. The average Bonchev–Trinajstić information content (AvgIpc) is 2.15. The molecule has 14 heavy (non-hydrogen) atoms. The maximum Gasteiger partial charge on any atom is 0.250 e. The Balaban J connectivity index is 2.32. The molecule has 0 aliphatic heterocycles. The van der Waals surface area contributed by atoms with E-state index in [-0.39, 0.29) is 11.6 Å². The van der Waals surface area contributed by atoms with E-state index in [9.17, 15) is 4.79 Å². The smallest absolute Gasteiger partial charge is 0.250 e. The molecule has 1 aromatic rings. The Hall–Kier alpha value is -1.09. The predicted molar refractivity (Wildman–Crippen MR) is 58.2 cm³/mol. The van der Waals surface area contributed by atoms with E-state index in [1.165, 1.54) is 0 Å². The predicted octanol–water partition coefficient (Wildman–Crippen LogP) is 1.37. The van der Waals surface area contributed by atoms with Crippen molar-refractivity contribution in [1.29, 1.82) is 0 Å². The number of nitrogens with two attached hydrogens (primary N) is 1. The third kappa shape index (κ3) is 3.75. The van der Waals surface area contributed by atoms with Crippen molar-refractivity contribution >= 4 is 0 Å². The zero-order valence-corrected chi connectivity index (χ0v) is 8.65. The van der Waals surface area contributed by atoms with Crippen LogP contribution in [-0.4, -0.2) is 10.6 Å². The number of rotatable bonds is 5. The lowest BCUT2D eigenvalue weighted by molar-refractivity contribution is 0.541. The molecule has 1 aromatic heterocycles. The van der Waals surface area contributed by atoms with Crippen LogP contribution in [0.3, 0.4) is 0 Å². The first kappa shape index (κ1) is 11.0. The number of nitrogens with zero attached hydrogens (tertiary/aromatic N) is 1. The summed E-state index contributed by atoms with van der Waals surface area (Å²) in [4.78, 5) is 11.3. The van der Waals surface area contributed by atoms with Crippen LogP contribution in [0.25, 0.3) is 0 Å². The summed E-state index contributed by atoms with van der Waals surface area (Å²) in [6, 6.07) is 5.50. The molecule has 0 saturated carbocycles. The Labute approximate surface area is 84.6 Å². The first-order chi connectivity index (χ1) is 6.70. The molecule has 1 heterocycles. The molecule has 0 saturated heterocycles. The number of unbranched alkanes of at least 4 members (excludes halogenated alkanes) is 1. The molecule has 3 heteroatoms. The third-order valence-electron chi connectivity index (χ3n) is 2.21. The van der Waals surface area contributed by atoms with E-state index >= 15 is 0 Å². The summed E-state index contributed by atoms with van der Waals surface area (Å²) in [6.07, 6.45) is 4.96. The molecule has 78 valence electrons. The Bertz CT molecular complexity index is 317. The van der Waals surface area contributed by atoms with Crippen LogP contribution < -0.4 is 11.3 Å². The highest BCUT2D eigenvalue weighted by Crippen LogP contribution is 1.99. The Morgan fingerprint density at radius 2 is 2.21 bits per heavy atom. The largest absolute Gasteiger partial charge is 0.328 e. The molecule has 2 N–H and O–H groups in total. The number of aromatic nitrogens is 1. The molecule has 0 bridgehead atoms. The van der Waals surface area contributed by atoms with E-state index in [2.05, 4.69) is 0 Å². The van der Waals surface area contributed by atoms with Crippen LogP contribution in [0.1, 0.15) is 26.2 Å². The molecule has 0 aliphatic rings. The van der Waals surface area contributed by atoms with Gasteiger partial charge in [-0.15, -0.1) is 0 Å². The molecule has 3 nitrogen and oxygen atoms in total. The fourth-order valence-electron chi connectivity index (χ4n) is 1.39. The fourth-order valence-corrected chi connectivity index (χ4v) is 1.39. The summed E-state index contributed by atoms with van der Waals surface area (Å²) in [6.45, 7) is 2.81. The second-order valence-electron chi connectivity index (χ2n) is 3.71. The van der Waals surface area contributed by atoms with Crippen LogP contribution in [0.4, 0.5) is 0 Å².